The highest BCUT2D eigenvalue weighted by atomic mass is 32.2. The third kappa shape index (κ3) is 8.01. The molecule has 8 nitrogen and oxygen atoms in total. The largest absolute Gasteiger partial charge is 0.464 e. The molecule has 0 saturated heterocycles. The number of nitro groups is 1. The van der Waals surface area contributed by atoms with Crippen LogP contribution in [-0.4, -0.2) is 55.7 Å². The predicted octanol–water partition coefficient (Wildman–Crippen LogP) is 1.40. The Balaban J connectivity index is 2.12. The number of hydrogen-bond donors (Lipinski definition) is 1. The van der Waals surface area contributed by atoms with Crippen molar-refractivity contribution in [2.24, 2.45) is 4.99 Å². The van der Waals surface area contributed by atoms with E-state index in [1.807, 2.05) is 31.1 Å². The molecule has 0 aliphatic heterocycles. The highest BCUT2D eigenvalue weighted by Crippen LogP contribution is 2.16. The van der Waals surface area contributed by atoms with E-state index in [9.17, 15) is 10.1 Å². The lowest BCUT2D eigenvalue weighted by molar-refractivity contribution is -0.464. The SMILES string of the molecule is CN=C(C[N+](=O)[O-])NOCCSCc1ccc(CN(C)C)o1. The van der Waals surface area contributed by atoms with Gasteiger partial charge >= 0.3 is 0 Å². The van der Waals surface area contributed by atoms with E-state index in [1.54, 1.807) is 11.8 Å². The molecule has 22 heavy (non-hydrogen) atoms. The van der Waals surface area contributed by atoms with Gasteiger partial charge in [0, 0.05) is 17.7 Å². The number of rotatable bonds is 10. The number of nitrogens with one attached hydrogen (secondary N) is 1. The van der Waals surface area contributed by atoms with Crippen molar-refractivity contribution in [1.29, 1.82) is 0 Å². The third-order valence-corrected chi connectivity index (χ3v) is 3.45. The molecular weight excluding hydrogens is 308 g/mol. The summed E-state index contributed by atoms with van der Waals surface area (Å²) < 4.78 is 5.69. The second-order valence-electron chi connectivity index (χ2n) is 4.77. The molecule has 0 aromatic carbocycles. The molecular formula is C13H22N4O4S. The normalized spacial score (nSPS) is 11.9. The summed E-state index contributed by atoms with van der Waals surface area (Å²) in [6, 6.07) is 3.96. The summed E-state index contributed by atoms with van der Waals surface area (Å²) in [5, 5.41) is 10.3. The Morgan fingerprint density at radius 2 is 2.23 bits per heavy atom. The summed E-state index contributed by atoms with van der Waals surface area (Å²) in [7, 11) is 5.47. The van der Waals surface area contributed by atoms with Crippen molar-refractivity contribution < 1.29 is 14.2 Å². The fraction of sp³-hybridized carbons (Fsp3) is 0.615. The first-order chi connectivity index (χ1) is 10.5. The molecule has 1 N–H and O–H groups in total. The van der Waals surface area contributed by atoms with E-state index in [2.05, 4.69) is 10.5 Å². The minimum Gasteiger partial charge on any atom is -0.464 e. The molecule has 0 amide bonds. The predicted molar refractivity (Wildman–Crippen MR) is 86.6 cm³/mol. The molecule has 9 heteroatoms. The minimum absolute atomic E-state index is 0.203. The minimum atomic E-state index is -0.463. The quantitative estimate of drug-likeness (QED) is 0.228. The summed E-state index contributed by atoms with van der Waals surface area (Å²) in [5.41, 5.74) is 2.49. The van der Waals surface area contributed by atoms with Gasteiger partial charge in [-0.2, -0.15) is 11.8 Å². The van der Waals surface area contributed by atoms with Crippen LogP contribution < -0.4 is 5.48 Å². The molecule has 0 saturated carbocycles. The van der Waals surface area contributed by atoms with Crippen molar-refractivity contribution in [2.45, 2.75) is 12.3 Å². The van der Waals surface area contributed by atoms with Gasteiger partial charge in [-0.15, -0.1) is 0 Å². The maximum Gasteiger partial charge on any atom is 0.261 e. The van der Waals surface area contributed by atoms with Gasteiger partial charge in [0.05, 0.1) is 18.9 Å². The van der Waals surface area contributed by atoms with Crippen LogP contribution in [0.2, 0.25) is 0 Å². The van der Waals surface area contributed by atoms with Gasteiger partial charge in [-0.25, -0.2) is 5.48 Å². The first-order valence-electron chi connectivity index (χ1n) is 6.76. The first-order valence-corrected chi connectivity index (χ1v) is 7.92. The zero-order chi connectivity index (χ0) is 16.4. The van der Waals surface area contributed by atoms with Crippen LogP contribution >= 0.6 is 11.8 Å². The van der Waals surface area contributed by atoms with E-state index in [1.165, 1.54) is 7.05 Å². The van der Waals surface area contributed by atoms with Crippen molar-refractivity contribution >= 4 is 17.6 Å². The van der Waals surface area contributed by atoms with Gasteiger partial charge in [-0.1, -0.05) is 0 Å². The Labute approximate surface area is 134 Å². The summed E-state index contributed by atoms with van der Waals surface area (Å²) in [5.74, 6) is 3.59. The summed E-state index contributed by atoms with van der Waals surface area (Å²) >= 11 is 1.67. The molecule has 0 aliphatic rings. The van der Waals surface area contributed by atoms with Crippen LogP contribution in [0.25, 0.3) is 0 Å². The molecule has 1 aromatic rings. The van der Waals surface area contributed by atoms with Crippen LogP contribution in [0.1, 0.15) is 11.5 Å². The highest BCUT2D eigenvalue weighted by Gasteiger charge is 2.06. The van der Waals surface area contributed by atoms with Crippen molar-refractivity contribution in [3.63, 3.8) is 0 Å². The molecule has 0 spiro atoms. The molecule has 1 heterocycles. The van der Waals surface area contributed by atoms with Crippen LogP contribution in [0.3, 0.4) is 0 Å². The van der Waals surface area contributed by atoms with Crippen LogP contribution in [0, 0.1) is 10.1 Å². The first kappa shape index (κ1) is 18.5. The van der Waals surface area contributed by atoms with Gasteiger partial charge in [0.25, 0.3) is 6.54 Å². The van der Waals surface area contributed by atoms with Crippen molar-refractivity contribution in [1.82, 2.24) is 10.4 Å². The summed E-state index contributed by atoms with van der Waals surface area (Å²) in [4.78, 5) is 20.8. The van der Waals surface area contributed by atoms with Gasteiger partial charge in [0.1, 0.15) is 11.5 Å². The average molecular weight is 330 g/mol. The van der Waals surface area contributed by atoms with Crippen molar-refractivity contribution in [3.05, 3.63) is 33.8 Å². The fourth-order valence-electron chi connectivity index (χ4n) is 1.58. The van der Waals surface area contributed by atoms with E-state index in [4.69, 9.17) is 9.25 Å². The summed E-state index contributed by atoms with van der Waals surface area (Å²) in [6.45, 7) is 0.838. The van der Waals surface area contributed by atoms with Gasteiger partial charge in [0.2, 0.25) is 0 Å². The molecule has 1 aromatic heterocycles. The maximum atomic E-state index is 10.3. The monoisotopic (exact) mass is 330 g/mol. The van der Waals surface area contributed by atoms with Crippen LogP contribution in [0.5, 0.6) is 0 Å². The number of hydroxylamine groups is 1. The molecule has 0 atom stereocenters. The van der Waals surface area contributed by atoms with Gasteiger partial charge in [-0.05, 0) is 26.2 Å². The Hall–Kier alpha value is -1.58. The van der Waals surface area contributed by atoms with E-state index in [0.717, 1.165) is 29.6 Å². The van der Waals surface area contributed by atoms with Crippen LogP contribution in [0.4, 0.5) is 0 Å². The Morgan fingerprint density at radius 3 is 2.86 bits per heavy atom. The molecule has 0 radical (unpaired) electrons. The molecule has 124 valence electrons. The smallest absolute Gasteiger partial charge is 0.261 e. The second-order valence-corrected chi connectivity index (χ2v) is 5.88. The van der Waals surface area contributed by atoms with Gasteiger partial charge in [-0.3, -0.25) is 19.9 Å². The van der Waals surface area contributed by atoms with Crippen LogP contribution in [0.15, 0.2) is 21.5 Å². The number of aliphatic imine (C=N–C) groups is 1. The lowest BCUT2D eigenvalue weighted by Gasteiger charge is -2.06. The van der Waals surface area contributed by atoms with E-state index < -0.39 is 4.92 Å². The van der Waals surface area contributed by atoms with Crippen molar-refractivity contribution in [3.8, 4) is 0 Å². The van der Waals surface area contributed by atoms with Crippen LogP contribution in [-0.2, 0) is 17.1 Å². The topological polar surface area (TPSA) is 93.1 Å². The molecule has 0 bridgehead atoms. The average Bonchev–Trinajstić information content (AvgIpc) is 2.87. The van der Waals surface area contributed by atoms with Gasteiger partial charge < -0.3 is 9.32 Å². The van der Waals surface area contributed by atoms with Gasteiger partial charge in [0.15, 0.2) is 5.84 Å². The molecule has 0 unspecified atom stereocenters. The Bertz CT molecular complexity index is 490. The Morgan fingerprint density at radius 1 is 1.50 bits per heavy atom. The standard InChI is InChI=1S/C13H22N4O4S/c1-14-13(9-17(18)19)15-20-6-7-22-10-12-5-4-11(21-12)8-16(2)3/h4-5H,6-10H2,1-3H3,(H,14,15). The highest BCUT2D eigenvalue weighted by molar-refractivity contribution is 7.98. The zero-order valence-electron chi connectivity index (χ0n) is 13.1. The lowest BCUT2D eigenvalue weighted by atomic mass is 10.4. The number of nitrogens with zero attached hydrogens (tertiary/aromatic N) is 3. The number of thioether (sulfide) groups is 1. The lowest BCUT2D eigenvalue weighted by Crippen LogP contribution is -2.31. The van der Waals surface area contributed by atoms with E-state index in [-0.39, 0.29) is 12.4 Å². The molecule has 0 aliphatic carbocycles. The molecule has 1 rings (SSSR count). The summed E-state index contributed by atoms with van der Waals surface area (Å²) in [6.07, 6.45) is 0. The third-order valence-electron chi connectivity index (χ3n) is 2.50. The Kier molecular flexibility index (Phi) is 8.56. The van der Waals surface area contributed by atoms with Crippen molar-refractivity contribution in [2.75, 3.05) is 40.0 Å². The maximum absolute atomic E-state index is 10.3. The number of amidine groups is 1. The van der Waals surface area contributed by atoms with E-state index in [0.29, 0.717) is 6.61 Å². The molecule has 0 fully saturated rings. The van der Waals surface area contributed by atoms with E-state index >= 15 is 0 Å². The number of hydrogen-bond acceptors (Lipinski definition) is 7. The number of furan rings is 1. The second kappa shape index (κ2) is 10.2. The zero-order valence-corrected chi connectivity index (χ0v) is 13.9. The fourth-order valence-corrected chi connectivity index (χ4v) is 2.28.